The topological polar surface area (TPSA) is 179 Å². The Morgan fingerprint density at radius 1 is 0.952 bits per heavy atom. The normalized spacial score (nSPS) is 40.6. The van der Waals surface area contributed by atoms with Crippen LogP contribution in [0, 0.1) is 28.6 Å². The number of aliphatic hydroxyl groups is 1. The molecule has 63 heavy (non-hydrogen) atoms. The van der Waals surface area contributed by atoms with E-state index in [9.17, 15) is 19.5 Å². The first-order valence-corrected chi connectivity index (χ1v) is 22.2. The maximum atomic E-state index is 14.8. The number of hydrogen-bond acceptors (Lipinski definition) is 15. The van der Waals surface area contributed by atoms with Crippen LogP contribution >= 0.6 is 0 Å². The Hall–Kier alpha value is -3.71. The minimum absolute atomic E-state index is 0.0596. The van der Waals surface area contributed by atoms with Gasteiger partial charge in [-0.15, -0.1) is 0 Å². The van der Waals surface area contributed by atoms with Crippen LogP contribution in [0.5, 0.6) is 0 Å². The highest BCUT2D eigenvalue weighted by atomic mass is 16.8. The fourth-order valence-corrected chi connectivity index (χ4v) is 13.7. The van der Waals surface area contributed by atoms with Gasteiger partial charge < -0.3 is 57.8 Å². The lowest BCUT2D eigenvalue weighted by atomic mass is 9.47. The highest BCUT2D eigenvalue weighted by Crippen LogP contribution is 2.78. The fraction of sp³-hybridized carbons (Fsp3) is 0.681. The number of amides is 1. The monoisotopic (exact) mass is 878 g/mol. The van der Waals surface area contributed by atoms with Crippen molar-refractivity contribution < 1.29 is 66.9 Å². The molecule has 344 valence electrons. The van der Waals surface area contributed by atoms with E-state index in [1.807, 2.05) is 6.07 Å². The van der Waals surface area contributed by atoms with Crippen molar-refractivity contribution in [2.24, 2.45) is 28.6 Å². The molecule has 1 unspecified atom stereocenters. The third-order valence-electron chi connectivity index (χ3n) is 15.4. The van der Waals surface area contributed by atoms with E-state index >= 15 is 0 Å². The molecule has 16 nitrogen and oxygen atoms in total. The van der Waals surface area contributed by atoms with Gasteiger partial charge in [0.25, 0.3) is 0 Å². The summed E-state index contributed by atoms with van der Waals surface area (Å²) in [6.45, 7) is 10.7. The molecule has 3 spiro atoms. The number of carbonyl (C=O) groups is 3. The lowest BCUT2D eigenvalue weighted by Crippen LogP contribution is -2.74. The molecule has 0 aromatic heterocycles. The quantitative estimate of drug-likeness (QED) is 0.165. The van der Waals surface area contributed by atoms with Crippen LogP contribution in [0.3, 0.4) is 0 Å². The maximum absolute atomic E-state index is 14.8. The Bertz CT molecular complexity index is 2020. The van der Waals surface area contributed by atoms with Crippen LogP contribution in [0.1, 0.15) is 75.8 Å². The van der Waals surface area contributed by atoms with Gasteiger partial charge in [0, 0.05) is 46.1 Å². The molecule has 0 radical (unpaired) electrons. The number of nitrogens with zero attached hydrogens (tertiary/aromatic N) is 1. The number of benzene rings is 2. The number of hydrogen-bond donors (Lipinski definition) is 2. The Labute approximate surface area is 368 Å². The molecule has 1 amide bonds. The number of methoxy groups -OCH3 is 3. The van der Waals surface area contributed by atoms with E-state index in [1.54, 1.807) is 89.6 Å². The van der Waals surface area contributed by atoms with E-state index in [0.717, 1.165) is 6.42 Å². The summed E-state index contributed by atoms with van der Waals surface area (Å²) >= 11 is 0. The van der Waals surface area contributed by atoms with E-state index < -0.39 is 107 Å². The Balaban J connectivity index is 1.21. The summed E-state index contributed by atoms with van der Waals surface area (Å²) in [7, 11) is 4.81. The van der Waals surface area contributed by atoms with Crippen LogP contribution in [0.15, 0.2) is 60.7 Å². The van der Waals surface area contributed by atoms with Crippen molar-refractivity contribution in [3.63, 3.8) is 0 Å². The molecule has 3 saturated heterocycles. The van der Waals surface area contributed by atoms with Gasteiger partial charge >= 0.3 is 18.0 Å². The molecule has 2 N–H and O–H groups in total. The van der Waals surface area contributed by atoms with Crippen LogP contribution in [0.4, 0.5) is 4.79 Å². The molecule has 16 heteroatoms. The number of piperidine rings is 1. The lowest BCUT2D eigenvalue weighted by molar-refractivity contribution is -0.266. The van der Waals surface area contributed by atoms with E-state index in [2.05, 4.69) is 24.1 Å². The lowest BCUT2D eigenvalue weighted by Gasteiger charge is -2.65. The molecule has 7 aliphatic rings. The van der Waals surface area contributed by atoms with E-state index in [4.69, 9.17) is 47.4 Å². The van der Waals surface area contributed by atoms with Crippen LogP contribution < -0.4 is 5.32 Å². The van der Waals surface area contributed by atoms with E-state index in [0.29, 0.717) is 30.6 Å². The van der Waals surface area contributed by atoms with E-state index in [1.165, 1.54) is 7.11 Å². The van der Waals surface area contributed by atoms with Crippen molar-refractivity contribution in [2.75, 3.05) is 48.0 Å². The largest absolute Gasteiger partial charge is 0.460 e. The molecule has 4 aliphatic carbocycles. The van der Waals surface area contributed by atoms with Crippen molar-refractivity contribution >= 4 is 18.0 Å². The zero-order valence-corrected chi connectivity index (χ0v) is 37.4. The second kappa shape index (κ2) is 16.3. The van der Waals surface area contributed by atoms with Crippen molar-refractivity contribution in [1.82, 2.24) is 10.2 Å². The summed E-state index contributed by atoms with van der Waals surface area (Å²) in [5.74, 6) is -3.27. The first-order valence-electron chi connectivity index (χ1n) is 22.2. The van der Waals surface area contributed by atoms with Crippen LogP contribution in [-0.2, 0) is 52.2 Å². The Morgan fingerprint density at radius 3 is 2.32 bits per heavy atom. The molecule has 3 heterocycles. The Kier molecular flexibility index (Phi) is 11.5. The molecule has 3 aliphatic heterocycles. The molecule has 9 rings (SSSR count). The van der Waals surface area contributed by atoms with Gasteiger partial charge in [-0.05, 0) is 63.3 Å². The maximum Gasteiger partial charge on any atom is 0.408 e. The van der Waals surface area contributed by atoms with Gasteiger partial charge in [-0.2, -0.15) is 0 Å². The number of rotatable bonds is 13. The predicted octanol–water partition coefficient (Wildman–Crippen LogP) is 4.38. The Morgan fingerprint density at radius 2 is 1.67 bits per heavy atom. The second-order valence-corrected chi connectivity index (χ2v) is 19.6. The van der Waals surface area contributed by atoms with Gasteiger partial charge in [0.2, 0.25) is 0 Å². The molecule has 7 fully saturated rings. The average molecular weight is 879 g/mol. The number of esters is 2. The SMILES string of the molecule is CCN1C[C@]2(C)CC[C@H](OC)[C@@]34[C@H](OC(=O)c5ccccc5)[C@@H]5[C@H]6C(OC)O[C@@H]5[C@@]5(C[C@H]6OC(=O)[C@H](O)[C@@H](NC(=O)OC(C)(C)C)c6ccccc6)OCO[C@]5([C@@H](OCOC)[C@H]23)[C@@H]14. The first-order chi connectivity index (χ1) is 30.2. The molecule has 9 bridgehead atoms. The summed E-state index contributed by atoms with van der Waals surface area (Å²) in [4.78, 5) is 45.1. The minimum atomic E-state index is -1.89. The smallest absolute Gasteiger partial charge is 0.408 e. The minimum Gasteiger partial charge on any atom is -0.460 e. The van der Waals surface area contributed by atoms with Gasteiger partial charge in [-0.25, -0.2) is 14.4 Å². The molecular weight excluding hydrogens is 817 g/mol. The van der Waals surface area contributed by atoms with Gasteiger partial charge in [0.1, 0.15) is 42.6 Å². The summed E-state index contributed by atoms with van der Waals surface area (Å²) in [6.07, 6.45) is -6.11. The summed E-state index contributed by atoms with van der Waals surface area (Å²) < 4.78 is 66.0. The molecular formula is C47H62N2O14. The standard InChI is InChI=1S/C47H62N2O14/c1-9-49-23-44(5)21-20-29(55-7)46-34(44)37(57-24-54-6)47(41(46)49)45(58-25-59-47)22-28(30-31(35(45)62-40(30)56-8)36(46)61-38(51)27-18-14-11-15-19-27)60-39(52)33(50)32(26-16-12-10-13-17-26)48-42(53)63-43(2,3)4/h10-19,28-37,40-41,50H,9,20-25H2,1-8H3,(H,48,53)/t28-,29+,30+,31-,32+,33-,34-,35+,36-,37+,40?,41+,44+,45-,46+,47-/m1/s1. The van der Waals surface area contributed by atoms with Crippen molar-refractivity contribution in [2.45, 2.75) is 126 Å². The average Bonchev–Trinajstić information content (AvgIpc) is 3.85. The van der Waals surface area contributed by atoms with Gasteiger partial charge in [-0.1, -0.05) is 62.4 Å². The summed E-state index contributed by atoms with van der Waals surface area (Å²) in [6, 6.07) is 15.8. The molecule has 4 saturated carbocycles. The number of likely N-dealkylation sites (tertiary alicyclic amines) is 1. The number of alkyl carbamates (subject to hydrolysis) is 1. The highest BCUT2D eigenvalue weighted by molar-refractivity contribution is 5.89. The molecule has 16 atom stereocenters. The number of nitrogens with one attached hydrogen (secondary N) is 1. The molecule has 2 aromatic carbocycles. The first kappa shape index (κ1) is 44.5. The number of carbonyl (C=O) groups excluding carboxylic acids is 3. The third-order valence-corrected chi connectivity index (χ3v) is 15.4. The number of likely N-dealkylation sites (N-methyl/N-ethyl adjacent to an activating group) is 1. The van der Waals surface area contributed by atoms with Gasteiger partial charge in [0.15, 0.2) is 12.4 Å². The number of aliphatic hydroxyl groups excluding tert-OH is 1. The zero-order chi connectivity index (χ0) is 44.7. The van der Waals surface area contributed by atoms with Gasteiger partial charge in [-0.3, -0.25) is 4.90 Å². The summed E-state index contributed by atoms with van der Waals surface area (Å²) in [5.41, 5.74) is -4.09. The van der Waals surface area contributed by atoms with Crippen LogP contribution in [-0.4, -0.2) is 142 Å². The van der Waals surface area contributed by atoms with E-state index in [-0.39, 0.29) is 31.3 Å². The fourth-order valence-electron chi connectivity index (χ4n) is 13.7. The predicted molar refractivity (Wildman–Crippen MR) is 222 cm³/mol. The number of ether oxygens (including phenoxy) is 10. The second-order valence-electron chi connectivity index (χ2n) is 19.6. The van der Waals surface area contributed by atoms with Crippen molar-refractivity contribution in [1.29, 1.82) is 0 Å². The molecule has 2 aromatic rings. The van der Waals surface area contributed by atoms with Crippen molar-refractivity contribution in [3.05, 3.63) is 71.8 Å². The van der Waals surface area contributed by atoms with Crippen molar-refractivity contribution in [3.8, 4) is 0 Å². The highest BCUT2D eigenvalue weighted by Gasteiger charge is 2.93. The van der Waals surface area contributed by atoms with Gasteiger partial charge in [0.05, 0.1) is 47.3 Å². The third kappa shape index (κ3) is 6.52. The zero-order valence-electron chi connectivity index (χ0n) is 37.4. The van der Waals surface area contributed by atoms with Crippen LogP contribution in [0.25, 0.3) is 0 Å². The van der Waals surface area contributed by atoms with Crippen LogP contribution in [0.2, 0.25) is 0 Å². The summed E-state index contributed by atoms with van der Waals surface area (Å²) in [5, 5.41) is 14.7.